The van der Waals surface area contributed by atoms with Gasteiger partial charge in [-0.05, 0) is 37.0 Å². The molecule has 0 unspecified atom stereocenters. The molecule has 0 radical (unpaired) electrons. The van der Waals surface area contributed by atoms with Crippen LogP contribution in [0.3, 0.4) is 0 Å². The third-order valence-corrected chi connectivity index (χ3v) is 3.94. The lowest BCUT2D eigenvalue weighted by Gasteiger charge is -2.13. The second-order valence-electron chi connectivity index (χ2n) is 6.30. The molecule has 8 nitrogen and oxygen atoms in total. The van der Waals surface area contributed by atoms with Gasteiger partial charge in [-0.15, -0.1) is 0 Å². The molecule has 0 aliphatic heterocycles. The molecule has 0 saturated heterocycles. The number of aromatic nitrogens is 2. The molecule has 1 aliphatic carbocycles. The van der Waals surface area contributed by atoms with E-state index in [0.29, 0.717) is 24.1 Å². The molecule has 3 rings (SSSR count). The fourth-order valence-corrected chi connectivity index (χ4v) is 2.60. The van der Waals surface area contributed by atoms with Crippen LogP contribution in [-0.2, 0) is 9.59 Å². The fourth-order valence-electron chi connectivity index (χ4n) is 2.60. The number of carbonyl (C=O) groups is 2. The maximum atomic E-state index is 11.2. The number of nitrogens with two attached hydrogens (primary N) is 1. The van der Waals surface area contributed by atoms with E-state index in [2.05, 4.69) is 25.9 Å². The Bertz CT molecular complexity index is 819. The Kier molecular flexibility index (Phi) is 5.31. The summed E-state index contributed by atoms with van der Waals surface area (Å²) in [5.74, 6) is 1.16. The minimum atomic E-state index is -0.354. The van der Waals surface area contributed by atoms with Gasteiger partial charge >= 0.3 is 0 Å². The monoisotopic (exact) mass is 354 g/mol. The molecule has 26 heavy (non-hydrogen) atoms. The number of anilines is 4. The topological polar surface area (TPSA) is 122 Å². The average molecular weight is 354 g/mol. The van der Waals surface area contributed by atoms with Crippen LogP contribution in [0.2, 0.25) is 0 Å². The van der Waals surface area contributed by atoms with E-state index in [1.807, 2.05) is 18.3 Å². The summed E-state index contributed by atoms with van der Waals surface area (Å²) in [6, 6.07) is 7.31. The SMILES string of the molecule is CC(=O)Nc1cccc(Nc2ncc(C3CC3)c(NCCC(N)=O)n2)c1. The van der Waals surface area contributed by atoms with Gasteiger partial charge < -0.3 is 21.7 Å². The van der Waals surface area contributed by atoms with Crippen molar-refractivity contribution in [3.8, 4) is 0 Å². The third-order valence-electron chi connectivity index (χ3n) is 3.94. The number of nitrogens with zero attached hydrogens (tertiary/aromatic N) is 2. The summed E-state index contributed by atoms with van der Waals surface area (Å²) in [4.78, 5) is 31.1. The Labute approximate surface area is 151 Å². The first-order valence-corrected chi connectivity index (χ1v) is 8.55. The van der Waals surface area contributed by atoms with Gasteiger partial charge in [0.05, 0.1) is 0 Å². The van der Waals surface area contributed by atoms with E-state index < -0.39 is 0 Å². The summed E-state index contributed by atoms with van der Waals surface area (Å²) >= 11 is 0. The quantitative estimate of drug-likeness (QED) is 0.577. The lowest BCUT2D eigenvalue weighted by molar-refractivity contribution is -0.117. The highest BCUT2D eigenvalue weighted by molar-refractivity contribution is 5.89. The highest BCUT2D eigenvalue weighted by Crippen LogP contribution is 2.42. The lowest BCUT2D eigenvalue weighted by Crippen LogP contribution is -2.17. The van der Waals surface area contributed by atoms with E-state index in [1.54, 1.807) is 12.1 Å². The van der Waals surface area contributed by atoms with Gasteiger partial charge in [0.25, 0.3) is 0 Å². The second-order valence-corrected chi connectivity index (χ2v) is 6.30. The first kappa shape index (κ1) is 17.7. The van der Waals surface area contributed by atoms with Gasteiger partial charge in [-0.25, -0.2) is 4.98 Å². The van der Waals surface area contributed by atoms with Gasteiger partial charge in [-0.1, -0.05) is 6.07 Å². The Morgan fingerprint density at radius 1 is 1.27 bits per heavy atom. The minimum Gasteiger partial charge on any atom is -0.370 e. The van der Waals surface area contributed by atoms with Crippen LogP contribution in [0.1, 0.15) is 37.7 Å². The molecular formula is C18H22N6O2. The molecule has 1 heterocycles. The molecule has 1 fully saturated rings. The van der Waals surface area contributed by atoms with Crippen LogP contribution in [0.5, 0.6) is 0 Å². The van der Waals surface area contributed by atoms with E-state index in [4.69, 9.17) is 5.73 Å². The van der Waals surface area contributed by atoms with Crippen molar-refractivity contribution in [2.24, 2.45) is 5.73 Å². The molecule has 0 bridgehead atoms. The highest BCUT2D eigenvalue weighted by Gasteiger charge is 2.27. The van der Waals surface area contributed by atoms with E-state index in [-0.39, 0.29) is 18.2 Å². The molecule has 0 spiro atoms. The molecule has 1 aromatic heterocycles. The van der Waals surface area contributed by atoms with Crippen LogP contribution in [0.4, 0.5) is 23.1 Å². The van der Waals surface area contributed by atoms with Gasteiger partial charge in [0, 0.05) is 43.0 Å². The summed E-state index contributed by atoms with van der Waals surface area (Å²) in [5.41, 5.74) is 7.71. The Morgan fingerprint density at radius 2 is 2.04 bits per heavy atom. The molecule has 1 saturated carbocycles. The molecule has 2 aromatic rings. The molecular weight excluding hydrogens is 332 g/mol. The zero-order valence-corrected chi connectivity index (χ0v) is 14.6. The van der Waals surface area contributed by atoms with Gasteiger partial charge in [0.2, 0.25) is 17.8 Å². The Balaban J connectivity index is 1.75. The molecule has 1 aromatic carbocycles. The minimum absolute atomic E-state index is 0.131. The molecule has 5 N–H and O–H groups in total. The predicted octanol–water partition coefficient (Wildman–Crippen LogP) is 2.34. The number of amides is 2. The maximum Gasteiger partial charge on any atom is 0.229 e. The van der Waals surface area contributed by atoms with Gasteiger partial charge in [0.1, 0.15) is 5.82 Å². The maximum absolute atomic E-state index is 11.2. The van der Waals surface area contributed by atoms with Crippen molar-refractivity contribution in [1.82, 2.24) is 9.97 Å². The number of carbonyl (C=O) groups excluding carboxylic acids is 2. The van der Waals surface area contributed by atoms with Crippen LogP contribution in [0, 0.1) is 0 Å². The Morgan fingerprint density at radius 3 is 2.73 bits per heavy atom. The number of benzene rings is 1. The summed E-state index contributed by atoms with van der Waals surface area (Å²) < 4.78 is 0. The van der Waals surface area contributed by atoms with E-state index in [0.717, 1.165) is 29.9 Å². The summed E-state index contributed by atoms with van der Waals surface area (Å²) in [6.07, 6.45) is 4.31. The van der Waals surface area contributed by atoms with E-state index in [9.17, 15) is 9.59 Å². The summed E-state index contributed by atoms with van der Waals surface area (Å²) in [5, 5.41) is 9.06. The normalized spacial score (nSPS) is 13.1. The van der Waals surface area contributed by atoms with Crippen LogP contribution < -0.4 is 21.7 Å². The number of hydrogen-bond donors (Lipinski definition) is 4. The fraction of sp³-hybridized carbons (Fsp3) is 0.333. The summed E-state index contributed by atoms with van der Waals surface area (Å²) in [7, 11) is 0. The molecule has 0 atom stereocenters. The second kappa shape index (κ2) is 7.81. The van der Waals surface area contributed by atoms with E-state index >= 15 is 0 Å². The van der Waals surface area contributed by atoms with Gasteiger partial charge in [-0.3, -0.25) is 9.59 Å². The zero-order chi connectivity index (χ0) is 18.5. The third kappa shape index (κ3) is 4.92. The number of hydrogen-bond acceptors (Lipinski definition) is 6. The first-order valence-electron chi connectivity index (χ1n) is 8.55. The largest absolute Gasteiger partial charge is 0.370 e. The van der Waals surface area contributed by atoms with Gasteiger partial charge in [0.15, 0.2) is 0 Å². The van der Waals surface area contributed by atoms with Crippen molar-refractivity contribution in [2.45, 2.75) is 32.1 Å². The number of nitrogens with one attached hydrogen (secondary N) is 3. The number of primary amides is 1. The van der Waals surface area contributed by atoms with Crippen molar-refractivity contribution in [1.29, 1.82) is 0 Å². The molecule has 136 valence electrons. The zero-order valence-electron chi connectivity index (χ0n) is 14.6. The smallest absolute Gasteiger partial charge is 0.229 e. The molecule has 2 amide bonds. The molecule has 8 heteroatoms. The summed E-state index contributed by atoms with van der Waals surface area (Å²) in [6.45, 7) is 1.90. The standard InChI is InChI=1S/C18H22N6O2/c1-11(25)22-13-3-2-4-14(9-13)23-18-21-10-15(12-5-6-12)17(24-18)20-8-7-16(19)26/h2-4,9-10,12H,5-8H2,1H3,(H2,19,26)(H,22,25)(H2,20,21,23,24). The van der Waals surface area contributed by atoms with Crippen molar-refractivity contribution < 1.29 is 9.59 Å². The van der Waals surface area contributed by atoms with Gasteiger partial charge in [-0.2, -0.15) is 4.98 Å². The van der Waals surface area contributed by atoms with Crippen LogP contribution >= 0.6 is 0 Å². The Hall–Kier alpha value is -3.16. The van der Waals surface area contributed by atoms with Crippen LogP contribution in [-0.4, -0.2) is 28.3 Å². The highest BCUT2D eigenvalue weighted by atomic mass is 16.1. The first-order chi connectivity index (χ1) is 12.5. The molecule has 1 aliphatic rings. The van der Waals surface area contributed by atoms with Crippen molar-refractivity contribution in [2.75, 3.05) is 22.5 Å². The average Bonchev–Trinajstić information content (AvgIpc) is 3.39. The van der Waals surface area contributed by atoms with Crippen LogP contribution in [0.15, 0.2) is 30.5 Å². The van der Waals surface area contributed by atoms with Crippen molar-refractivity contribution in [3.05, 3.63) is 36.0 Å². The number of rotatable bonds is 8. The van der Waals surface area contributed by atoms with Crippen molar-refractivity contribution >= 4 is 35.0 Å². The lowest BCUT2D eigenvalue weighted by atomic mass is 10.2. The van der Waals surface area contributed by atoms with E-state index in [1.165, 1.54) is 6.92 Å². The van der Waals surface area contributed by atoms with Crippen LogP contribution in [0.25, 0.3) is 0 Å². The van der Waals surface area contributed by atoms with Crippen molar-refractivity contribution in [3.63, 3.8) is 0 Å². The predicted molar refractivity (Wildman–Crippen MR) is 100 cm³/mol.